The van der Waals surface area contributed by atoms with E-state index in [1.807, 2.05) is 30.3 Å². The normalized spacial score (nSPS) is 33.4. The lowest BCUT2D eigenvalue weighted by atomic mass is 9.90. The summed E-state index contributed by atoms with van der Waals surface area (Å²) in [6, 6.07) is 12.8. The average Bonchev–Trinajstić information content (AvgIpc) is 3.57. The zero-order chi connectivity index (χ0) is 34.4. The van der Waals surface area contributed by atoms with Crippen molar-refractivity contribution in [2.45, 2.75) is 100 Å². The molecule has 2 saturated carbocycles. The minimum Gasteiger partial charge on any atom is -0.490 e. The maximum Gasteiger partial charge on any atom is 0.320 e. The van der Waals surface area contributed by atoms with Gasteiger partial charge in [0.15, 0.2) is 0 Å². The van der Waals surface area contributed by atoms with Crippen LogP contribution in [0, 0.1) is 11.8 Å². The maximum absolute atomic E-state index is 10.4. The second-order valence-electron chi connectivity index (χ2n) is 13.4. The molecule has 3 aliphatic heterocycles. The molecule has 3 saturated heterocycles. The molecule has 2 aromatic rings. The van der Waals surface area contributed by atoms with Crippen molar-refractivity contribution in [3.63, 3.8) is 0 Å². The van der Waals surface area contributed by atoms with E-state index in [1.165, 1.54) is 19.3 Å². The number of rotatable bonds is 8. The van der Waals surface area contributed by atoms with E-state index < -0.39 is 49.1 Å². The number of hydrogen-bond acceptors (Lipinski definition) is 10. The number of hydrogen-bond donors (Lipinski definition) is 8. The molecule has 12 nitrogen and oxygen atoms in total. The molecule has 7 rings (SSSR count). The molecule has 264 valence electrons. The summed E-state index contributed by atoms with van der Waals surface area (Å²) in [4.78, 5) is 20.3. The Kier molecular flexibility index (Phi) is 12.7. The first-order valence-electron chi connectivity index (χ1n) is 16.8. The van der Waals surface area contributed by atoms with Crippen molar-refractivity contribution in [3.05, 3.63) is 64.2 Å². The predicted molar refractivity (Wildman–Crippen MR) is 176 cm³/mol. The first-order chi connectivity index (χ1) is 23.0. The molecule has 10 atom stereocenters. The largest absolute Gasteiger partial charge is 0.490 e. The lowest BCUT2D eigenvalue weighted by Crippen LogP contribution is -2.55. The van der Waals surface area contributed by atoms with Gasteiger partial charge in [0.1, 0.15) is 48.4 Å². The monoisotopic (exact) mass is 690 g/mol. The van der Waals surface area contributed by atoms with Gasteiger partial charge < -0.3 is 50.7 Å². The summed E-state index contributed by atoms with van der Waals surface area (Å²) in [5.41, 5.74) is 2.55. The molecule has 8 N–H and O–H groups in total. The highest BCUT2D eigenvalue weighted by atomic mass is 35.5. The third-order valence-electron chi connectivity index (χ3n) is 9.83. The summed E-state index contributed by atoms with van der Waals surface area (Å²) in [6.45, 7) is 1.26. The van der Waals surface area contributed by atoms with Crippen molar-refractivity contribution < 1.29 is 49.7 Å². The van der Waals surface area contributed by atoms with Crippen molar-refractivity contribution in [1.82, 2.24) is 10.6 Å². The Morgan fingerprint density at radius 2 is 1.44 bits per heavy atom. The summed E-state index contributed by atoms with van der Waals surface area (Å²) in [5, 5.41) is 63.0. The fourth-order valence-electron chi connectivity index (χ4n) is 6.93. The van der Waals surface area contributed by atoms with Crippen LogP contribution in [-0.2, 0) is 20.7 Å². The molecule has 48 heavy (non-hydrogen) atoms. The van der Waals surface area contributed by atoms with Crippen LogP contribution in [0.4, 0.5) is 0 Å². The Labute approximate surface area is 285 Å². The zero-order valence-electron chi connectivity index (χ0n) is 26.8. The topological polar surface area (TPSA) is 198 Å². The molecule has 0 amide bonds. The summed E-state index contributed by atoms with van der Waals surface area (Å²) < 4.78 is 11.8. The van der Waals surface area contributed by atoms with E-state index in [9.17, 15) is 30.0 Å². The van der Waals surface area contributed by atoms with Gasteiger partial charge >= 0.3 is 11.9 Å². The number of carboxylic acids is 2. The van der Waals surface area contributed by atoms with Crippen LogP contribution in [0.15, 0.2) is 42.5 Å². The number of carboxylic acid groups (broad SMARTS) is 2. The van der Waals surface area contributed by atoms with Crippen molar-refractivity contribution in [1.29, 1.82) is 0 Å². The number of carbonyl (C=O) groups is 2. The highest BCUT2D eigenvalue weighted by Gasteiger charge is 2.47. The van der Waals surface area contributed by atoms with Gasteiger partial charge in [-0.2, -0.15) is 0 Å². The molecule has 2 aromatic carbocycles. The molecule has 1 unspecified atom stereocenters. The Morgan fingerprint density at radius 1 is 0.833 bits per heavy atom. The maximum atomic E-state index is 10.4. The van der Waals surface area contributed by atoms with Gasteiger partial charge in [0, 0.05) is 5.02 Å². The van der Waals surface area contributed by atoms with E-state index in [1.54, 1.807) is 12.1 Å². The van der Waals surface area contributed by atoms with Gasteiger partial charge in [-0.05, 0) is 111 Å². The average molecular weight is 691 g/mol. The number of aliphatic hydroxyl groups excluding tert-OH is 4. The smallest absolute Gasteiger partial charge is 0.320 e. The predicted octanol–water partition coefficient (Wildman–Crippen LogP) is 2.27. The highest BCUT2D eigenvalue weighted by Crippen LogP contribution is 2.52. The van der Waals surface area contributed by atoms with Gasteiger partial charge in [-0.3, -0.25) is 9.59 Å². The number of aliphatic carboxylic acids is 2. The van der Waals surface area contributed by atoms with E-state index in [4.69, 9.17) is 31.3 Å². The van der Waals surface area contributed by atoms with Crippen molar-refractivity contribution in [2.24, 2.45) is 11.8 Å². The first-order valence-corrected chi connectivity index (χ1v) is 17.2. The van der Waals surface area contributed by atoms with E-state index in [0.29, 0.717) is 23.1 Å². The summed E-state index contributed by atoms with van der Waals surface area (Å²) in [5.74, 6) is 1.22. The van der Waals surface area contributed by atoms with Gasteiger partial charge in [0.2, 0.25) is 0 Å². The Morgan fingerprint density at radius 3 is 1.94 bits per heavy atom. The third-order valence-corrected chi connectivity index (χ3v) is 10.2. The van der Waals surface area contributed by atoms with Crippen LogP contribution >= 0.6 is 11.6 Å². The van der Waals surface area contributed by atoms with Crippen molar-refractivity contribution >= 4 is 23.5 Å². The lowest BCUT2D eigenvalue weighted by molar-refractivity contribution is -0.231. The van der Waals surface area contributed by atoms with E-state index in [0.717, 1.165) is 67.5 Å². The van der Waals surface area contributed by atoms with Crippen LogP contribution in [0.1, 0.15) is 67.7 Å². The number of ether oxygens (including phenoxy) is 2. The molecule has 0 radical (unpaired) electrons. The quantitative estimate of drug-likeness (QED) is 0.201. The van der Waals surface area contributed by atoms with E-state index >= 15 is 0 Å². The highest BCUT2D eigenvalue weighted by molar-refractivity contribution is 6.31. The van der Waals surface area contributed by atoms with E-state index in [-0.39, 0.29) is 12.1 Å². The second kappa shape index (κ2) is 16.7. The number of fused-ring (bicyclic) bond motifs is 1. The fraction of sp³-hybridized carbons (Fsp3) is 0.600. The van der Waals surface area contributed by atoms with Gasteiger partial charge in [-0.1, -0.05) is 35.9 Å². The fourth-order valence-corrected chi connectivity index (χ4v) is 7.11. The third kappa shape index (κ3) is 9.45. The van der Waals surface area contributed by atoms with Crippen LogP contribution < -0.4 is 15.4 Å². The molecule has 0 aromatic heterocycles. The number of aliphatic hydroxyl groups is 4. The molecule has 13 heteroatoms. The van der Waals surface area contributed by atoms with Crippen molar-refractivity contribution in [2.75, 3.05) is 19.7 Å². The van der Waals surface area contributed by atoms with Crippen LogP contribution in [0.3, 0.4) is 0 Å². The molecule has 5 fully saturated rings. The summed E-state index contributed by atoms with van der Waals surface area (Å²) in [7, 11) is 0. The molecule has 5 aliphatic rings. The zero-order valence-corrected chi connectivity index (χ0v) is 27.5. The lowest BCUT2D eigenvalue weighted by Gasteiger charge is -2.40. The van der Waals surface area contributed by atoms with Crippen LogP contribution in [0.25, 0.3) is 0 Å². The second-order valence-corrected chi connectivity index (χ2v) is 13.8. The van der Waals surface area contributed by atoms with Gasteiger partial charge in [0.25, 0.3) is 0 Å². The molecule has 2 aliphatic carbocycles. The molecular weight excluding hydrogens is 644 g/mol. The van der Waals surface area contributed by atoms with Crippen LogP contribution in [0.2, 0.25) is 5.02 Å². The van der Waals surface area contributed by atoms with Gasteiger partial charge in [0.05, 0.1) is 12.7 Å². The van der Waals surface area contributed by atoms with Crippen LogP contribution in [0.5, 0.6) is 5.75 Å². The molecule has 0 bridgehead atoms. The number of halogens is 1. The summed E-state index contributed by atoms with van der Waals surface area (Å²) >= 11 is 6.43. The van der Waals surface area contributed by atoms with Crippen LogP contribution in [-0.4, -0.2) is 105 Å². The Balaban J connectivity index is 0.000000230. The molecule has 3 heterocycles. The minimum atomic E-state index is -1.41. The first kappa shape index (κ1) is 36.5. The van der Waals surface area contributed by atoms with Gasteiger partial charge in [-0.15, -0.1) is 0 Å². The Bertz CT molecular complexity index is 1330. The van der Waals surface area contributed by atoms with Gasteiger partial charge in [-0.25, -0.2) is 0 Å². The SMILES string of the molecule is O=C(O)[C@@H]1CCCN1.O=C(O)[C@@H]1CCCN1.OC[C@H]1O[C@@H](c2ccc(Cl)c(Cc3ccc(OC4C[C@@H]5C[C@@H]5C4)cc3)c2)[C@H](O)[C@@H](O)[C@@H]1O. The molecular formula is C35H47ClN2O10. The summed E-state index contributed by atoms with van der Waals surface area (Å²) in [6.07, 6.45) is 2.27. The Hall–Kier alpha value is -2.81. The minimum absolute atomic E-state index is 0.269. The van der Waals surface area contributed by atoms with E-state index in [2.05, 4.69) is 10.6 Å². The standard InChI is InChI=1S/C25H29ClO6.2C5H9NO2/c26-20-6-3-14(25-24(30)23(29)22(28)21(12-27)32-25)8-17(20)7-13-1-4-18(5-2-13)31-19-10-15-9-16(15)11-19;2*7-5(8)4-2-1-3-6-4/h1-6,8,15-16,19,21-25,27-30H,7,9-12H2;2*4,6H,1-3H2,(H,7,8)/t15-,16+,19?,21-,22-,23+,24-,25+;2*4-/m100/s1. The number of nitrogens with one attached hydrogen (secondary N) is 2. The number of benzene rings is 2. The van der Waals surface area contributed by atoms with Crippen molar-refractivity contribution in [3.8, 4) is 5.75 Å². The molecule has 0 spiro atoms.